The van der Waals surface area contributed by atoms with Crippen LogP contribution in [0.25, 0.3) is 0 Å². The number of fused-ring (bicyclic) bond motifs is 1. The number of hydrogen-bond acceptors (Lipinski definition) is 7. The van der Waals surface area contributed by atoms with Gasteiger partial charge in [-0.1, -0.05) is 66.7 Å². The maximum atomic E-state index is 13.4. The number of esters is 1. The van der Waals surface area contributed by atoms with Crippen molar-refractivity contribution in [3.63, 3.8) is 0 Å². The third-order valence-corrected chi connectivity index (χ3v) is 7.79. The Morgan fingerprint density at radius 2 is 1.73 bits per heavy atom. The molecule has 1 aromatic heterocycles. The Morgan fingerprint density at radius 3 is 2.38 bits per heavy atom. The molecule has 5 rings (SSSR count). The molecule has 0 N–H and O–H groups in total. The molecule has 40 heavy (non-hydrogen) atoms. The Kier molecular flexibility index (Phi) is 8.55. The summed E-state index contributed by atoms with van der Waals surface area (Å²) >= 11 is 0. The van der Waals surface area contributed by atoms with Crippen LogP contribution in [0.4, 0.5) is 11.6 Å². The highest BCUT2D eigenvalue weighted by atomic mass is 16.5. The van der Waals surface area contributed by atoms with E-state index in [1.165, 1.54) is 5.56 Å². The lowest BCUT2D eigenvalue weighted by Gasteiger charge is -2.39. The third kappa shape index (κ3) is 5.63. The Balaban J connectivity index is 1.54. The summed E-state index contributed by atoms with van der Waals surface area (Å²) in [5.41, 5.74) is 3.35. The van der Waals surface area contributed by atoms with Gasteiger partial charge in [-0.2, -0.15) is 4.98 Å². The normalized spacial score (nSPS) is 19.1. The van der Waals surface area contributed by atoms with Crippen molar-refractivity contribution in [2.45, 2.75) is 32.7 Å². The highest BCUT2D eigenvalue weighted by molar-refractivity contribution is 6.05. The molecule has 0 aliphatic carbocycles. The van der Waals surface area contributed by atoms with Gasteiger partial charge < -0.3 is 9.64 Å². The first-order chi connectivity index (χ1) is 19.5. The number of hydrogen-bond donors (Lipinski definition) is 0. The molecule has 1 saturated heterocycles. The Bertz CT molecular complexity index is 1430. The summed E-state index contributed by atoms with van der Waals surface area (Å²) in [6.07, 6.45) is 2.67. The van der Waals surface area contributed by atoms with E-state index in [1.807, 2.05) is 50.2 Å². The first-order valence-corrected chi connectivity index (χ1v) is 14.1. The van der Waals surface area contributed by atoms with Gasteiger partial charge >= 0.3 is 11.7 Å². The smallest absolute Gasteiger partial charge is 0.351 e. The van der Waals surface area contributed by atoms with Gasteiger partial charge in [-0.05, 0) is 31.4 Å². The third-order valence-electron chi connectivity index (χ3n) is 7.79. The van der Waals surface area contributed by atoms with Gasteiger partial charge in [0.2, 0.25) is 0 Å². The maximum absolute atomic E-state index is 13.4. The van der Waals surface area contributed by atoms with Crippen LogP contribution < -0.4 is 10.6 Å². The molecular formula is C32H37N5O3. The summed E-state index contributed by atoms with van der Waals surface area (Å²) in [6.45, 7) is 12.2. The van der Waals surface area contributed by atoms with E-state index in [-0.39, 0.29) is 30.7 Å². The van der Waals surface area contributed by atoms with Crippen molar-refractivity contribution in [2.24, 2.45) is 10.9 Å². The van der Waals surface area contributed by atoms with Gasteiger partial charge in [0, 0.05) is 56.5 Å². The van der Waals surface area contributed by atoms with Crippen molar-refractivity contribution >= 4 is 23.3 Å². The zero-order valence-electron chi connectivity index (χ0n) is 23.3. The average molecular weight is 540 g/mol. The van der Waals surface area contributed by atoms with Crippen molar-refractivity contribution in [2.75, 3.05) is 44.2 Å². The summed E-state index contributed by atoms with van der Waals surface area (Å²) in [7, 11) is 0. The molecule has 2 aliphatic rings. The predicted octanol–water partition coefficient (Wildman–Crippen LogP) is 4.21. The number of rotatable bonds is 9. The topological polar surface area (TPSA) is 80.0 Å². The molecule has 3 aromatic rings. The molecule has 2 unspecified atom stereocenters. The number of piperazine rings is 1. The van der Waals surface area contributed by atoms with Gasteiger partial charge in [-0.3, -0.25) is 14.3 Å². The fourth-order valence-corrected chi connectivity index (χ4v) is 5.80. The monoisotopic (exact) mass is 539 g/mol. The van der Waals surface area contributed by atoms with Crippen molar-refractivity contribution in [3.05, 3.63) is 100 Å². The Morgan fingerprint density at radius 1 is 1.05 bits per heavy atom. The number of anilines is 1. The van der Waals surface area contributed by atoms with Gasteiger partial charge in [0.1, 0.15) is 17.6 Å². The van der Waals surface area contributed by atoms with Crippen LogP contribution in [-0.2, 0) is 22.5 Å². The van der Waals surface area contributed by atoms with Gasteiger partial charge in [0.15, 0.2) is 0 Å². The van der Waals surface area contributed by atoms with E-state index in [2.05, 4.69) is 45.6 Å². The summed E-state index contributed by atoms with van der Waals surface area (Å²) in [6, 6.07) is 20.5. The summed E-state index contributed by atoms with van der Waals surface area (Å²) in [5, 5.41) is 0. The lowest BCUT2D eigenvalue weighted by Crippen LogP contribution is -2.48. The van der Waals surface area contributed by atoms with Crippen LogP contribution >= 0.6 is 0 Å². The van der Waals surface area contributed by atoms with Crippen LogP contribution in [0.2, 0.25) is 0 Å². The van der Waals surface area contributed by atoms with Crippen LogP contribution in [0.15, 0.2) is 83.1 Å². The number of benzene rings is 2. The number of carbonyl (C=O) groups excluding carboxylic acids is 1. The Hall–Kier alpha value is -4.04. The van der Waals surface area contributed by atoms with Gasteiger partial charge in [-0.15, -0.1) is 6.58 Å². The second-order valence-corrected chi connectivity index (χ2v) is 10.3. The fraction of sp³-hybridized carbons (Fsp3) is 0.375. The SMILES string of the molecule is C=CCn1c2c(c(N3CCN(CCc4ccccc4)CC3)nc1=O)C(c1ccccc1)C(C(=O)OCC)C(C)=N2. The molecular weight excluding hydrogens is 502 g/mol. The summed E-state index contributed by atoms with van der Waals surface area (Å²) < 4.78 is 7.10. The predicted molar refractivity (Wildman–Crippen MR) is 159 cm³/mol. The maximum Gasteiger partial charge on any atom is 0.351 e. The van der Waals surface area contributed by atoms with E-state index in [0.717, 1.165) is 50.3 Å². The molecule has 3 heterocycles. The van der Waals surface area contributed by atoms with Crippen molar-refractivity contribution < 1.29 is 9.53 Å². The lowest BCUT2D eigenvalue weighted by atomic mass is 9.76. The molecule has 0 spiro atoms. The summed E-state index contributed by atoms with van der Waals surface area (Å²) in [5.74, 6) is -0.155. The molecule has 208 valence electrons. The first kappa shape index (κ1) is 27.5. The quantitative estimate of drug-likeness (QED) is 0.299. The number of nitrogens with zero attached hydrogens (tertiary/aromatic N) is 5. The van der Waals surface area contributed by atoms with Gasteiger partial charge in [0.25, 0.3) is 0 Å². The molecule has 0 amide bonds. The average Bonchev–Trinajstić information content (AvgIpc) is 2.98. The van der Waals surface area contributed by atoms with E-state index >= 15 is 0 Å². The van der Waals surface area contributed by atoms with Crippen molar-refractivity contribution in [1.82, 2.24) is 14.5 Å². The molecule has 0 saturated carbocycles. The number of ether oxygens (including phenoxy) is 1. The van der Waals surface area contributed by atoms with E-state index in [9.17, 15) is 9.59 Å². The zero-order chi connectivity index (χ0) is 28.1. The number of aliphatic imine (C=N–C) groups is 1. The highest BCUT2D eigenvalue weighted by Crippen LogP contribution is 2.46. The molecule has 2 aliphatic heterocycles. The van der Waals surface area contributed by atoms with Crippen LogP contribution in [0.5, 0.6) is 0 Å². The molecule has 0 bridgehead atoms. The lowest BCUT2D eigenvalue weighted by molar-refractivity contribution is -0.146. The van der Waals surface area contributed by atoms with E-state index in [0.29, 0.717) is 17.3 Å². The molecule has 8 heteroatoms. The molecule has 2 aromatic carbocycles. The highest BCUT2D eigenvalue weighted by Gasteiger charge is 2.42. The second kappa shape index (κ2) is 12.4. The molecule has 1 fully saturated rings. The van der Waals surface area contributed by atoms with E-state index < -0.39 is 5.92 Å². The summed E-state index contributed by atoms with van der Waals surface area (Å²) in [4.78, 5) is 40.9. The number of allylic oxidation sites excluding steroid dienone is 1. The van der Waals surface area contributed by atoms with Crippen LogP contribution in [-0.4, -0.2) is 65.5 Å². The van der Waals surface area contributed by atoms with Gasteiger partial charge in [-0.25, -0.2) is 9.79 Å². The minimum absolute atomic E-state index is 0.281. The van der Waals surface area contributed by atoms with Gasteiger partial charge in [0.05, 0.1) is 6.61 Å². The molecule has 0 radical (unpaired) electrons. The van der Waals surface area contributed by atoms with E-state index in [1.54, 1.807) is 10.6 Å². The van der Waals surface area contributed by atoms with Crippen LogP contribution in [0, 0.1) is 5.92 Å². The molecule has 2 atom stereocenters. The second-order valence-electron chi connectivity index (χ2n) is 10.3. The molecule has 8 nitrogen and oxygen atoms in total. The fourth-order valence-electron chi connectivity index (χ4n) is 5.80. The van der Waals surface area contributed by atoms with E-state index in [4.69, 9.17) is 9.73 Å². The van der Waals surface area contributed by atoms with Crippen molar-refractivity contribution in [3.8, 4) is 0 Å². The van der Waals surface area contributed by atoms with Crippen molar-refractivity contribution in [1.29, 1.82) is 0 Å². The largest absolute Gasteiger partial charge is 0.465 e. The minimum Gasteiger partial charge on any atom is -0.465 e. The minimum atomic E-state index is -0.614. The zero-order valence-corrected chi connectivity index (χ0v) is 23.3. The number of aromatic nitrogens is 2. The standard InChI is InChI=1S/C32H37N5O3/c1-4-17-37-30-28(27(25-14-10-7-11-15-25)26(23(3)33-30)31(38)40-5-2)29(34-32(37)39)36-21-19-35(20-22-36)18-16-24-12-8-6-9-13-24/h4,6-15,26-27H,1,5,16-22H2,2-3H3. The number of carbonyl (C=O) groups is 1. The van der Waals surface area contributed by atoms with Crippen LogP contribution in [0.3, 0.4) is 0 Å². The van der Waals surface area contributed by atoms with Crippen LogP contribution in [0.1, 0.15) is 36.5 Å². The first-order valence-electron chi connectivity index (χ1n) is 14.1. The Labute approximate surface area is 235 Å².